The van der Waals surface area contributed by atoms with E-state index in [-0.39, 0.29) is 40.5 Å². The summed E-state index contributed by atoms with van der Waals surface area (Å²) in [7, 11) is 5.25. The fourth-order valence-electron chi connectivity index (χ4n) is 12.2. The lowest BCUT2D eigenvalue weighted by molar-refractivity contribution is -0.143. The van der Waals surface area contributed by atoms with Crippen molar-refractivity contribution in [3.63, 3.8) is 0 Å². The zero-order valence-corrected chi connectivity index (χ0v) is 74.3. The Morgan fingerprint density at radius 2 is 0.840 bits per heavy atom. The molecule has 0 atom stereocenters. The molecule has 4 fully saturated rings. The van der Waals surface area contributed by atoms with E-state index in [2.05, 4.69) is 180 Å². The van der Waals surface area contributed by atoms with E-state index in [0.29, 0.717) is 68.6 Å². The molecule has 106 heavy (non-hydrogen) atoms. The van der Waals surface area contributed by atoms with Crippen LogP contribution in [-0.4, -0.2) is 135 Å². The number of aromatic carboxylic acids is 1. The highest BCUT2D eigenvalue weighted by Gasteiger charge is 2.30. The number of halogens is 8. The highest BCUT2D eigenvalue weighted by Crippen LogP contribution is 2.43. The first-order chi connectivity index (χ1) is 51.0. The molecule has 11 rings (SSSR count). The van der Waals surface area contributed by atoms with Crippen LogP contribution in [0.3, 0.4) is 0 Å². The van der Waals surface area contributed by atoms with Gasteiger partial charge in [-0.15, -0.1) is 22.7 Å². The number of hydrogen-bond donors (Lipinski definition) is 6. The standard InChI is InChI=1S/C16H20BrIN2O3.C16H19BrN2O2S.C15H17BrN2O2S.C9H16O2.C7H6BrIN2O2.C7H7BrN2O2.CH3F.CH4O/c1-3-9-4-6-10(7-5-9)15(21)20-14-12(18)8-11(17)13(19-14)16(22)23-2;1-3-9-4-6-10(7-5-9)15-19-14-12(22-15)8-11(17)13(18-14)16(20)21-2;1-2-8-3-5-9(6-4-8)14-18-13-11(21-14)7-10(16)12(17-13)15(19)20;1-2-7-3-5-8(6-4-7)9(10)11;1-13-7(12)5-3(8)2-4(9)6(10)11-5;1-12-7(11)6-4(8)2-3-5(9)10-6;2*1-2/h8-10H,3-7H2,1-2H3,(H,19,20,21);8-10H,3-7H2,1-2H3;7-9H,2-6H2,1H3,(H,19,20);7-8H,2-6H2,1H3,(H,10,11);2H,1H3,(H2,10,11);2-3H,1H3,(H2,9,10);1H3;2H,1H3/i;;;;;;1D;. The Morgan fingerprint density at radius 1 is 0.500 bits per heavy atom. The largest absolute Gasteiger partial charge is 0.481 e. The zero-order chi connectivity index (χ0) is 79.8. The minimum atomic E-state index is -1.03. The first-order valence-corrected chi connectivity index (χ1v) is 42.0. The van der Waals surface area contributed by atoms with Crippen molar-refractivity contribution in [1.29, 1.82) is 0 Å². The second-order valence-electron chi connectivity index (χ2n) is 24.9. The third-order valence-corrected chi connectivity index (χ3v) is 25.6. The Kier molecular flexibility index (Phi) is 41.6. The number of nitrogen functional groups attached to an aromatic ring is 2. The van der Waals surface area contributed by atoms with Crippen LogP contribution in [0.2, 0.25) is 0 Å². The number of aliphatic hydroxyl groups is 1. The van der Waals surface area contributed by atoms with Crippen LogP contribution in [-0.2, 0) is 28.5 Å². The normalized spacial score (nSPS) is 19.4. The quantitative estimate of drug-likeness (QED) is 0.0334. The van der Waals surface area contributed by atoms with Crippen LogP contribution in [0.15, 0.2) is 58.8 Å². The van der Waals surface area contributed by atoms with Crippen molar-refractivity contribution in [2.75, 3.05) is 59.5 Å². The summed E-state index contributed by atoms with van der Waals surface area (Å²) in [5, 5.41) is 30.0. The summed E-state index contributed by atoms with van der Waals surface area (Å²) >= 11 is 23.8. The first kappa shape index (κ1) is 91.8. The van der Waals surface area contributed by atoms with Crippen molar-refractivity contribution in [2.24, 2.45) is 35.5 Å². The summed E-state index contributed by atoms with van der Waals surface area (Å²) in [6, 6.07) is 10.5. The number of carbonyl (C=O) groups is 7. The minimum absolute atomic E-state index is 0.0110. The molecule has 0 bridgehead atoms. The number of ether oxygens (including phenoxy) is 4. The molecular formula is C72H92Br5FI2N10O14S2. The van der Waals surface area contributed by atoms with Gasteiger partial charge in [-0.1, -0.05) is 53.4 Å². The molecule has 4 saturated carbocycles. The molecule has 1 amide bonds. The Balaban J connectivity index is 0.000000274. The summed E-state index contributed by atoms with van der Waals surface area (Å²) < 4.78 is 40.4. The molecule has 0 aliphatic heterocycles. The van der Waals surface area contributed by atoms with Gasteiger partial charge in [-0.2, -0.15) is 0 Å². The number of esters is 4. The van der Waals surface area contributed by atoms with E-state index in [0.717, 1.165) is 109 Å². The summed E-state index contributed by atoms with van der Waals surface area (Å²) in [5.74, 6) is 1.74. The van der Waals surface area contributed by atoms with E-state index in [1.165, 1.54) is 105 Å². The van der Waals surface area contributed by atoms with Gasteiger partial charge in [-0.25, -0.2) is 58.9 Å². The lowest BCUT2D eigenvalue weighted by Crippen LogP contribution is -2.28. The van der Waals surface area contributed by atoms with Crippen LogP contribution < -0.4 is 16.8 Å². The second kappa shape index (κ2) is 48.1. The maximum absolute atomic E-state index is 12.5. The molecule has 0 saturated heterocycles. The number of fused-ring (bicyclic) bond motifs is 2. The number of hydrogen-bond acceptors (Lipinski definition) is 23. The van der Waals surface area contributed by atoms with E-state index < -0.39 is 43.0 Å². The third kappa shape index (κ3) is 28.2. The zero-order valence-electron chi connectivity index (χ0n) is 61.4. The number of aliphatic hydroxyl groups excluding tert-OH is 1. The lowest BCUT2D eigenvalue weighted by Gasteiger charge is -2.26. The molecule has 34 heteroatoms. The van der Waals surface area contributed by atoms with Gasteiger partial charge in [0.25, 0.3) is 0 Å². The van der Waals surface area contributed by atoms with Crippen molar-refractivity contribution in [3.8, 4) is 0 Å². The molecule has 0 radical (unpaired) electrons. The van der Waals surface area contributed by atoms with E-state index in [1.807, 2.05) is 34.7 Å². The first-order valence-electron chi connectivity index (χ1n) is 35.0. The summed E-state index contributed by atoms with van der Waals surface area (Å²) in [6.07, 6.45) is 22.9. The number of pyridine rings is 5. The van der Waals surface area contributed by atoms with Gasteiger partial charge in [0.1, 0.15) is 17.5 Å². The summed E-state index contributed by atoms with van der Waals surface area (Å²) in [4.78, 5) is 109. The van der Waals surface area contributed by atoms with Crippen molar-refractivity contribution in [1.82, 2.24) is 34.9 Å². The molecule has 582 valence electrons. The number of rotatable bonds is 14. The number of methoxy groups -OCH3 is 4. The summed E-state index contributed by atoms with van der Waals surface area (Å²) in [6.45, 7) is 8.93. The van der Waals surface area contributed by atoms with Crippen LogP contribution in [0, 0.1) is 42.6 Å². The monoisotopic (exact) mass is 2050 g/mol. The number of carboxylic acids is 2. The van der Waals surface area contributed by atoms with Crippen molar-refractivity contribution < 1.29 is 73.6 Å². The highest BCUT2D eigenvalue weighted by atomic mass is 127. The van der Waals surface area contributed by atoms with Crippen LogP contribution in [0.25, 0.3) is 20.7 Å². The average Bonchev–Trinajstić information content (AvgIpc) is 1.68. The Hall–Kier alpha value is -4.83. The molecule has 4 aliphatic carbocycles. The van der Waals surface area contributed by atoms with Gasteiger partial charge in [-0.3, -0.25) is 14.0 Å². The Morgan fingerprint density at radius 3 is 1.23 bits per heavy atom. The predicted molar refractivity (Wildman–Crippen MR) is 446 cm³/mol. The molecule has 0 unspecified atom stereocenters. The number of aromatic nitrogens is 7. The number of carbonyl (C=O) groups excluding carboxylic acids is 5. The molecule has 7 aromatic heterocycles. The van der Waals surface area contributed by atoms with Crippen molar-refractivity contribution in [3.05, 3.63) is 104 Å². The predicted octanol–water partition coefficient (Wildman–Crippen LogP) is 19.7. The van der Waals surface area contributed by atoms with Gasteiger partial charge in [0.15, 0.2) is 39.8 Å². The van der Waals surface area contributed by atoms with E-state index >= 15 is 0 Å². The number of carboxylic acid groups (broad SMARTS) is 2. The van der Waals surface area contributed by atoms with Gasteiger partial charge >= 0.3 is 35.8 Å². The fraction of sp³-hybridized carbons (Fsp3) is 0.528. The topological polar surface area (TPSA) is 371 Å². The second-order valence-corrected chi connectivity index (χ2v) is 33.6. The molecule has 7 aromatic rings. The van der Waals surface area contributed by atoms with Crippen LogP contribution in [0.4, 0.5) is 21.8 Å². The smallest absolute Gasteiger partial charge is 0.357 e. The van der Waals surface area contributed by atoms with Crippen molar-refractivity contribution >= 4 is 227 Å². The minimum Gasteiger partial charge on any atom is -0.481 e. The number of nitrogens with zero attached hydrogens (tertiary/aromatic N) is 7. The number of nitrogens with two attached hydrogens (primary N) is 2. The molecule has 0 spiro atoms. The van der Waals surface area contributed by atoms with E-state index in [1.54, 1.807) is 46.9 Å². The molecule has 4 aliphatic rings. The van der Waals surface area contributed by atoms with Gasteiger partial charge in [0, 0.05) is 24.9 Å². The Bertz CT molecular complexity index is 4090. The maximum atomic E-state index is 12.5. The van der Waals surface area contributed by atoms with Gasteiger partial charge in [0.2, 0.25) is 5.91 Å². The number of alkyl halides is 1. The number of aliphatic carboxylic acids is 1. The maximum Gasteiger partial charge on any atom is 0.357 e. The number of amides is 1. The van der Waals surface area contributed by atoms with Crippen LogP contribution >= 0.6 is 148 Å². The van der Waals surface area contributed by atoms with E-state index in [4.69, 9.17) is 37.6 Å². The third-order valence-electron chi connectivity index (χ3n) is 18.5. The SMILES string of the molecule is CCC1CCC(C(=O)Nc2nc(C(=O)OC)c(Br)cc2I)CC1.CCC1CCC(C(=O)O)CC1.CCC1CCC(c2nc3nc(C(=O)O)c(Br)cc3s2)CC1.CCC1CCC(c2nc3nc(C(=O)OC)c(Br)cc3s2)CC1.CO.COC(=O)c1nc(N)c(I)cc1Br.COC(=O)c1nc(N)ccc1Br.[2H]CF. The number of thiazole rings is 2. The van der Waals surface area contributed by atoms with Crippen molar-refractivity contribution in [2.45, 2.75) is 168 Å². The highest BCUT2D eigenvalue weighted by molar-refractivity contribution is 14.1. The van der Waals surface area contributed by atoms with Crippen LogP contribution in [0.1, 0.15) is 232 Å². The van der Waals surface area contributed by atoms with Crippen LogP contribution in [0.5, 0.6) is 0 Å². The molecular weight excluding hydrogens is 1970 g/mol. The van der Waals surface area contributed by atoms with Gasteiger partial charge < -0.3 is 51.1 Å². The fourth-order valence-corrected chi connectivity index (χ4v) is 18.9. The van der Waals surface area contributed by atoms with Gasteiger partial charge in [-0.05, 0) is 288 Å². The molecule has 8 N–H and O–H groups in total. The Labute approximate surface area is 696 Å². The average molecular weight is 2060 g/mol. The lowest BCUT2D eigenvalue weighted by atomic mass is 9.80. The van der Waals surface area contributed by atoms with Gasteiger partial charge in [0.05, 0.1) is 91.8 Å². The number of anilines is 3. The molecule has 7 heterocycles. The summed E-state index contributed by atoms with van der Waals surface area (Å²) in [5.41, 5.74) is 13.0. The van der Waals surface area contributed by atoms with E-state index in [9.17, 15) is 38.0 Å². The number of nitrogens with one attached hydrogen (secondary N) is 1. The molecule has 24 nitrogen and oxygen atoms in total. The molecule has 0 aromatic carbocycles.